The number of thioether (sulfide) groups is 2. The third kappa shape index (κ3) is 5.11. The monoisotopic (exact) mass is 443 g/mol. The Morgan fingerprint density at radius 1 is 1.21 bits per heavy atom. The Balaban J connectivity index is 2.43. The maximum Gasteiger partial charge on any atom is 0.327 e. The summed E-state index contributed by atoms with van der Waals surface area (Å²) in [5.41, 5.74) is 0.674. The molecule has 2 rings (SSSR count). The number of aliphatic carboxylic acids is 1. The Morgan fingerprint density at radius 2 is 1.79 bits per heavy atom. The van der Waals surface area contributed by atoms with Gasteiger partial charge in [0.05, 0.1) is 21.3 Å². The lowest BCUT2D eigenvalue weighted by atomic mass is 10.1. The first-order chi connectivity index (χ1) is 13.7. The van der Waals surface area contributed by atoms with Gasteiger partial charge in [-0.3, -0.25) is 9.59 Å². The molecule has 3 unspecified atom stereocenters. The molecule has 1 aromatic carbocycles. The van der Waals surface area contributed by atoms with Crippen molar-refractivity contribution in [1.82, 2.24) is 4.90 Å². The molecule has 1 N–H and O–H groups in total. The number of carboxylic acids is 1. The number of nitrogens with zero attached hydrogens (tertiary/aromatic N) is 1. The summed E-state index contributed by atoms with van der Waals surface area (Å²) < 4.78 is 16.1. The lowest BCUT2D eigenvalue weighted by Crippen LogP contribution is -2.45. The van der Waals surface area contributed by atoms with Crippen molar-refractivity contribution >= 4 is 40.5 Å². The van der Waals surface area contributed by atoms with E-state index in [0.717, 1.165) is 11.8 Å². The first kappa shape index (κ1) is 23.2. The van der Waals surface area contributed by atoms with Crippen molar-refractivity contribution in [3.05, 3.63) is 17.7 Å². The van der Waals surface area contributed by atoms with Crippen LogP contribution in [0.15, 0.2) is 12.1 Å². The first-order valence-corrected chi connectivity index (χ1v) is 10.9. The number of carboxylic acid groups (broad SMARTS) is 1. The van der Waals surface area contributed by atoms with Gasteiger partial charge in [0.25, 0.3) is 0 Å². The lowest BCUT2D eigenvalue weighted by Gasteiger charge is -2.30. The minimum absolute atomic E-state index is 0.0867. The molecule has 1 aromatic rings. The Morgan fingerprint density at radius 3 is 2.24 bits per heavy atom. The van der Waals surface area contributed by atoms with Crippen LogP contribution in [0.3, 0.4) is 0 Å². The second kappa shape index (κ2) is 10.1. The minimum Gasteiger partial charge on any atom is -0.493 e. The second-order valence-corrected chi connectivity index (χ2v) is 8.76. The van der Waals surface area contributed by atoms with Gasteiger partial charge < -0.3 is 24.2 Å². The van der Waals surface area contributed by atoms with Gasteiger partial charge in [-0.25, -0.2) is 4.79 Å². The largest absolute Gasteiger partial charge is 0.493 e. The number of hydrogen-bond donors (Lipinski definition) is 1. The number of rotatable bonds is 8. The van der Waals surface area contributed by atoms with Crippen molar-refractivity contribution in [2.45, 2.75) is 25.3 Å². The molecule has 3 atom stereocenters. The second-order valence-electron chi connectivity index (χ2n) is 6.45. The molecular formula is C19H25NO7S2. The maximum atomic E-state index is 13.1. The van der Waals surface area contributed by atoms with Crippen molar-refractivity contribution in [2.75, 3.05) is 32.8 Å². The number of amides is 1. The maximum absolute atomic E-state index is 13.1. The minimum atomic E-state index is -1.06. The Bertz CT molecular complexity index is 761. The van der Waals surface area contributed by atoms with Gasteiger partial charge in [0.2, 0.25) is 11.7 Å². The molecular weight excluding hydrogens is 418 g/mol. The third-order valence-corrected chi connectivity index (χ3v) is 6.87. The normalized spacial score (nSPS) is 19.6. The number of benzene rings is 1. The van der Waals surface area contributed by atoms with Crippen LogP contribution in [-0.4, -0.2) is 65.9 Å². The Labute approximate surface area is 178 Å². The van der Waals surface area contributed by atoms with Gasteiger partial charge in [-0.2, -0.15) is 0 Å². The van der Waals surface area contributed by atoms with E-state index in [9.17, 15) is 19.5 Å². The van der Waals surface area contributed by atoms with Crippen LogP contribution in [0.1, 0.15) is 24.8 Å². The molecule has 0 aliphatic carbocycles. The fourth-order valence-electron chi connectivity index (χ4n) is 3.03. The van der Waals surface area contributed by atoms with Crippen LogP contribution in [0, 0.1) is 5.92 Å². The lowest BCUT2D eigenvalue weighted by molar-refractivity contribution is -0.150. The summed E-state index contributed by atoms with van der Waals surface area (Å²) in [6.45, 7) is 3.14. The van der Waals surface area contributed by atoms with E-state index in [1.807, 2.05) is 0 Å². The molecule has 0 aromatic heterocycles. The van der Waals surface area contributed by atoms with Crippen molar-refractivity contribution in [1.29, 1.82) is 0 Å². The van der Waals surface area contributed by atoms with E-state index in [1.165, 1.54) is 44.9 Å². The molecule has 0 radical (unpaired) electrons. The Kier molecular flexibility index (Phi) is 8.09. The quantitative estimate of drug-likeness (QED) is 0.649. The molecule has 1 saturated heterocycles. The van der Waals surface area contributed by atoms with Crippen LogP contribution in [0.4, 0.5) is 0 Å². The summed E-state index contributed by atoms with van der Waals surface area (Å²) in [5.74, 6) is -0.0575. The van der Waals surface area contributed by atoms with Crippen LogP contribution in [0.5, 0.6) is 17.2 Å². The van der Waals surface area contributed by atoms with Gasteiger partial charge in [-0.1, -0.05) is 18.7 Å². The zero-order valence-corrected chi connectivity index (χ0v) is 18.6. The highest BCUT2D eigenvalue weighted by atomic mass is 32.2. The number of ether oxygens (including phenoxy) is 3. The number of carbonyl (C=O) groups excluding carboxylic acids is 2. The van der Waals surface area contributed by atoms with E-state index < -0.39 is 23.3 Å². The highest BCUT2D eigenvalue weighted by molar-refractivity contribution is 8.13. The summed E-state index contributed by atoms with van der Waals surface area (Å²) in [4.78, 5) is 37.6. The number of carbonyl (C=O) groups is 3. The van der Waals surface area contributed by atoms with Gasteiger partial charge in [-0.05, 0) is 17.7 Å². The summed E-state index contributed by atoms with van der Waals surface area (Å²) in [6.07, 6.45) is 0. The molecule has 0 bridgehead atoms. The van der Waals surface area contributed by atoms with Crippen LogP contribution in [0.25, 0.3) is 0 Å². The number of methoxy groups -OCH3 is 3. The van der Waals surface area contributed by atoms with E-state index in [1.54, 1.807) is 19.1 Å². The van der Waals surface area contributed by atoms with E-state index in [0.29, 0.717) is 28.6 Å². The van der Waals surface area contributed by atoms with Crippen molar-refractivity contribution < 1.29 is 33.7 Å². The van der Waals surface area contributed by atoms with Gasteiger partial charge in [0.15, 0.2) is 16.6 Å². The molecule has 0 spiro atoms. The molecule has 1 aliphatic rings. The van der Waals surface area contributed by atoms with Crippen molar-refractivity contribution in [3.63, 3.8) is 0 Å². The number of hydrogen-bond acceptors (Lipinski definition) is 8. The Hall–Kier alpha value is -2.07. The van der Waals surface area contributed by atoms with Crippen molar-refractivity contribution in [2.24, 2.45) is 5.92 Å². The van der Waals surface area contributed by atoms with Gasteiger partial charge in [-0.15, -0.1) is 11.8 Å². The van der Waals surface area contributed by atoms with Crippen LogP contribution in [-0.2, 0) is 14.4 Å². The molecule has 1 amide bonds. The van der Waals surface area contributed by atoms with Gasteiger partial charge >= 0.3 is 5.97 Å². The van der Waals surface area contributed by atoms with Crippen molar-refractivity contribution in [3.8, 4) is 17.2 Å². The average Bonchev–Trinajstić information content (AvgIpc) is 3.15. The smallest absolute Gasteiger partial charge is 0.327 e. The van der Waals surface area contributed by atoms with Crippen LogP contribution in [0.2, 0.25) is 0 Å². The molecule has 8 nitrogen and oxygen atoms in total. The standard InChI is InChI=1S/C19H25NO7S2/c1-10(8-28-11(2)21)17(22)20-13(19(23)24)9-29-18(20)12-6-14(25-3)16(27-5)15(7-12)26-4/h6-7,10,13,18H,8-9H2,1-5H3,(H,23,24). The average molecular weight is 444 g/mol. The van der Waals surface area contributed by atoms with Crippen LogP contribution < -0.4 is 14.2 Å². The third-order valence-electron chi connectivity index (χ3n) is 4.47. The van der Waals surface area contributed by atoms with E-state index in [4.69, 9.17) is 14.2 Å². The molecule has 1 heterocycles. The SMILES string of the molecule is COc1cc(C2SCC(C(=O)O)N2C(=O)C(C)CSC(C)=O)cc(OC)c1OC. The fourth-order valence-corrected chi connectivity index (χ4v) is 5.07. The van der Waals surface area contributed by atoms with E-state index >= 15 is 0 Å². The van der Waals surface area contributed by atoms with Gasteiger partial charge in [0, 0.05) is 24.3 Å². The van der Waals surface area contributed by atoms with E-state index in [-0.39, 0.29) is 16.8 Å². The summed E-state index contributed by atoms with van der Waals surface area (Å²) in [5, 5.41) is 9.03. The topological polar surface area (TPSA) is 102 Å². The summed E-state index contributed by atoms with van der Waals surface area (Å²) in [7, 11) is 4.48. The fraction of sp³-hybridized carbons (Fsp3) is 0.526. The summed E-state index contributed by atoms with van der Waals surface area (Å²) in [6, 6.07) is 2.48. The molecule has 10 heteroatoms. The molecule has 160 valence electrons. The van der Waals surface area contributed by atoms with E-state index in [2.05, 4.69) is 0 Å². The predicted octanol–water partition coefficient (Wildman–Crippen LogP) is 2.66. The predicted molar refractivity (Wildman–Crippen MR) is 112 cm³/mol. The molecule has 29 heavy (non-hydrogen) atoms. The highest BCUT2D eigenvalue weighted by Crippen LogP contribution is 2.47. The van der Waals surface area contributed by atoms with Crippen LogP contribution >= 0.6 is 23.5 Å². The first-order valence-electron chi connectivity index (χ1n) is 8.84. The molecule has 1 aliphatic heterocycles. The van der Waals surface area contributed by atoms with Gasteiger partial charge in [0.1, 0.15) is 11.4 Å². The zero-order valence-electron chi connectivity index (χ0n) is 17.0. The summed E-state index contributed by atoms with van der Waals surface area (Å²) >= 11 is 2.41. The molecule has 0 saturated carbocycles. The zero-order chi connectivity index (χ0) is 21.7. The molecule has 1 fully saturated rings. The highest BCUT2D eigenvalue weighted by Gasteiger charge is 2.44.